The van der Waals surface area contributed by atoms with Crippen LogP contribution in [0.15, 0.2) is 30.3 Å². The van der Waals surface area contributed by atoms with E-state index in [1.54, 1.807) is 0 Å². The van der Waals surface area contributed by atoms with Gasteiger partial charge in [0.2, 0.25) is 0 Å². The molecule has 3 nitrogen and oxygen atoms in total. The molecule has 0 radical (unpaired) electrons. The lowest BCUT2D eigenvalue weighted by atomic mass is 10.0. The molecule has 1 aromatic carbocycles. The van der Waals surface area contributed by atoms with Gasteiger partial charge in [-0.2, -0.15) is 0 Å². The Balaban J connectivity index is 0.00000192. The average molecular weight is 334 g/mol. The molecule has 1 N–H and O–H groups in total. The van der Waals surface area contributed by atoms with Crippen molar-refractivity contribution in [3.8, 4) is 0 Å². The van der Waals surface area contributed by atoms with E-state index in [0.717, 1.165) is 36.9 Å². The van der Waals surface area contributed by atoms with Crippen molar-refractivity contribution in [1.29, 1.82) is 0 Å². The normalized spacial score (nSPS) is 15.8. The third-order valence-corrected chi connectivity index (χ3v) is 4.61. The summed E-state index contributed by atoms with van der Waals surface area (Å²) in [5, 5.41) is 4.72. The number of nitrogens with one attached hydrogen (secondary N) is 1. The molecule has 3 rings (SSSR count). The van der Waals surface area contributed by atoms with Crippen molar-refractivity contribution in [2.24, 2.45) is 0 Å². The summed E-state index contributed by atoms with van der Waals surface area (Å²) in [6, 6.07) is 11.8. The second kappa shape index (κ2) is 8.62. The lowest BCUT2D eigenvalue weighted by Crippen LogP contribution is -2.43. The minimum Gasteiger partial charge on any atom is -0.317 e. The predicted octanol–water partition coefficient (Wildman–Crippen LogP) is 3.93. The molecule has 1 fully saturated rings. The van der Waals surface area contributed by atoms with Crippen molar-refractivity contribution in [2.75, 3.05) is 19.6 Å². The minimum absolute atomic E-state index is 0. The van der Waals surface area contributed by atoms with Gasteiger partial charge in [0.25, 0.3) is 0 Å². The molecule has 2 aromatic rings. The van der Waals surface area contributed by atoms with Crippen LogP contribution in [0.5, 0.6) is 0 Å². The lowest BCUT2D eigenvalue weighted by Gasteiger charge is -2.34. The van der Waals surface area contributed by atoms with Gasteiger partial charge in [0.15, 0.2) is 0 Å². The highest BCUT2D eigenvalue weighted by Crippen LogP contribution is 2.19. The molecule has 1 aliphatic heterocycles. The van der Waals surface area contributed by atoms with E-state index in [9.17, 15) is 0 Å². The molecule has 23 heavy (non-hydrogen) atoms. The highest BCUT2D eigenvalue weighted by atomic mass is 35.5. The van der Waals surface area contributed by atoms with Crippen molar-refractivity contribution in [3.63, 3.8) is 0 Å². The number of benzene rings is 1. The third kappa shape index (κ3) is 4.66. The molecule has 4 heteroatoms. The number of aryl methyl sites for hydroxylation is 1. The predicted molar refractivity (Wildman–Crippen MR) is 100 cm³/mol. The molecule has 0 saturated carbocycles. The lowest BCUT2D eigenvalue weighted by molar-refractivity contribution is 0.154. The van der Waals surface area contributed by atoms with Crippen LogP contribution in [-0.2, 0) is 6.54 Å². The first-order chi connectivity index (χ1) is 10.8. The van der Waals surface area contributed by atoms with Crippen LogP contribution < -0.4 is 5.32 Å². The number of halogens is 1. The molecular formula is C19H28ClN3. The van der Waals surface area contributed by atoms with Crippen molar-refractivity contribution in [3.05, 3.63) is 41.6 Å². The fourth-order valence-electron chi connectivity index (χ4n) is 3.46. The van der Waals surface area contributed by atoms with E-state index in [2.05, 4.69) is 52.5 Å². The van der Waals surface area contributed by atoms with Gasteiger partial charge in [-0.3, -0.25) is 9.88 Å². The zero-order valence-electron chi connectivity index (χ0n) is 14.2. The van der Waals surface area contributed by atoms with Crippen LogP contribution in [-0.4, -0.2) is 35.6 Å². The van der Waals surface area contributed by atoms with Gasteiger partial charge in [0.1, 0.15) is 0 Å². The third-order valence-electron chi connectivity index (χ3n) is 4.61. The Labute approximate surface area is 145 Å². The molecule has 1 aliphatic rings. The number of pyridine rings is 1. The molecule has 0 amide bonds. The molecule has 1 saturated heterocycles. The topological polar surface area (TPSA) is 28.2 Å². The van der Waals surface area contributed by atoms with Gasteiger partial charge in [-0.15, -0.1) is 12.4 Å². The molecule has 0 unspecified atom stereocenters. The largest absolute Gasteiger partial charge is 0.317 e. The first-order valence-electron chi connectivity index (χ1n) is 8.57. The number of aromatic nitrogens is 1. The van der Waals surface area contributed by atoms with Gasteiger partial charge in [-0.1, -0.05) is 19.1 Å². The smallest absolute Gasteiger partial charge is 0.0705 e. The van der Waals surface area contributed by atoms with Crippen LogP contribution in [0.25, 0.3) is 10.9 Å². The quantitative estimate of drug-likeness (QED) is 0.898. The molecule has 0 spiro atoms. The second-order valence-electron chi connectivity index (χ2n) is 6.43. The Kier molecular flexibility index (Phi) is 6.82. The maximum atomic E-state index is 4.60. The molecule has 126 valence electrons. The SMILES string of the molecule is CCCN(Cc1ccc2nc(C)ccc2c1)C1CCNCC1.Cl. The number of hydrogen-bond acceptors (Lipinski definition) is 3. The Hall–Kier alpha value is -1.16. The zero-order chi connectivity index (χ0) is 15.4. The van der Waals surface area contributed by atoms with Gasteiger partial charge >= 0.3 is 0 Å². The molecule has 1 aromatic heterocycles. The Bertz CT molecular complexity index is 623. The number of nitrogens with zero attached hydrogens (tertiary/aromatic N) is 2. The second-order valence-corrected chi connectivity index (χ2v) is 6.43. The summed E-state index contributed by atoms with van der Waals surface area (Å²) in [7, 11) is 0. The minimum atomic E-state index is 0. The Morgan fingerprint density at radius 3 is 2.70 bits per heavy atom. The molecule has 2 heterocycles. The van der Waals surface area contributed by atoms with E-state index in [0.29, 0.717) is 0 Å². The first-order valence-corrected chi connectivity index (χ1v) is 8.57. The van der Waals surface area contributed by atoms with E-state index in [1.807, 2.05) is 6.92 Å². The van der Waals surface area contributed by atoms with Crippen LogP contribution in [0.1, 0.15) is 37.4 Å². The summed E-state index contributed by atoms with van der Waals surface area (Å²) in [5.74, 6) is 0. The van der Waals surface area contributed by atoms with Crippen molar-refractivity contribution < 1.29 is 0 Å². The highest BCUT2D eigenvalue weighted by molar-refractivity contribution is 5.85. The average Bonchev–Trinajstić information content (AvgIpc) is 2.55. The number of rotatable bonds is 5. The summed E-state index contributed by atoms with van der Waals surface area (Å²) < 4.78 is 0. The standard InChI is InChI=1S/C19H27N3.ClH/c1-3-12-22(18-8-10-20-11-9-18)14-16-5-7-19-17(13-16)6-4-15(2)21-19;/h4-7,13,18,20H,3,8-12,14H2,1-2H3;1H. The fourth-order valence-corrected chi connectivity index (χ4v) is 3.46. The summed E-state index contributed by atoms with van der Waals surface area (Å²) in [4.78, 5) is 7.27. The van der Waals surface area contributed by atoms with Gasteiger partial charge in [-0.05, 0) is 69.6 Å². The van der Waals surface area contributed by atoms with Crippen LogP contribution in [0.2, 0.25) is 0 Å². The highest BCUT2D eigenvalue weighted by Gasteiger charge is 2.20. The van der Waals surface area contributed by atoms with E-state index >= 15 is 0 Å². The summed E-state index contributed by atoms with van der Waals surface area (Å²) in [6.07, 6.45) is 3.76. The molecular weight excluding hydrogens is 306 g/mol. The number of fused-ring (bicyclic) bond motifs is 1. The summed E-state index contributed by atoms with van der Waals surface area (Å²) in [6.45, 7) is 8.89. The first kappa shape index (κ1) is 18.2. The van der Waals surface area contributed by atoms with E-state index in [1.165, 1.54) is 36.8 Å². The maximum Gasteiger partial charge on any atom is 0.0705 e. The summed E-state index contributed by atoms with van der Waals surface area (Å²) in [5.41, 5.74) is 3.60. The molecule has 0 bridgehead atoms. The summed E-state index contributed by atoms with van der Waals surface area (Å²) >= 11 is 0. The monoisotopic (exact) mass is 333 g/mol. The zero-order valence-corrected chi connectivity index (χ0v) is 15.0. The van der Waals surface area contributed by atoms with Gasteiger partial charge in [-0.25, -0.2) is 0 Å². The molecule has 0 atom stereocenters. The van der Waals surface area contributed by atoms with Crippen LogP contribution in [0.3, 0.4) is 0 Å². The van der Waals surface area contributed by atoms with Gasteiger partial charge in [0, 0.05) is 23.7 Å². The number of hydrogen-bond donors (Lipinski definition) is 1. The van der Waals surface area contributed by atoms with Crippen LogP contribution in [0, 0.1) is 6.92 Å². The number of piperidine rings is 1. The Morgan fingerprint density at radius 2 is 1.96 bits per heavy atom. The van der Waals surface area contributed by atoms with Crippen molar-refractivity contribution in [2.45, 2.75) is 45.7 Å². The van der Waals surface area contributed by atoms with Gasteiger partial charge in [0.05, 0.1) is 5.52 Å². The van der Waals surface area contributed by atoms with Crippen molar-refractivity contribution >= 4 is 23.3 Å². The molecule has 0 aliphatic carbocycles. The van der Waals surface area contributed by atoms with E-state index in [4.69, 9.17) is 0 Å². The Morgan fingerprint density at radius 1 is 1.17 bits per heavy atom. The van der Waals surface area contributed by atoms with E-state index < -0.39 is 0 Å². The van der Waals surface area contributed by atoms with E-state index in [-0.39, 0.29) is 12.4 Å². The van der Waals surface area contributed by atoms with Crippen LogP contribution in [0.4, 0.5) is 0 Å². The van der Waals surface area contributed by atoms with Crippen LogP contribution >= 0.6 is 12.4 Å². The van der Waals surface area contributed by atoms with Crippen molar-refractivity contribution in [1.82, 2.24) is 15.2 Å². The fraction of sp³-hybridized carbons (Fsp3) is 0.526. The maximum absolute atomic E-state index is 4.60. The van der Waals surface area contributed by atoms with Gasteiger partial charge < -0.3 is 5.32 Å².